The van der Waals surface area contributed by atoms with Crippen LogP contribution in [0.15, 0.2) is 0 Å². The van der Waals surface area contributed by atoms with Crippen molar-refractivity contribution in [1.82, 2.24) is 15.1 Å². The lowest BCUT2D eigenvalue weighted by Crippen LogP contribution is -2.54. The highest BCUT2D eigenvalue weighted by Crippen LogP contribution is 2.30. The molecule has 1 saturated carbocycles. The van der Waals surface area contributed by atoms with Gasteiger partial charge in [-0.3, -0.25) is 4.90 Å². The minimum Gasteiger partial charge on any atom is -0.314 e. The van der Waals surface area contributed by atoms with Crippen molar-refractivity contribution in [2.45, 2.75) is 65.5 Å². The molecule has 3 heteroatoms. The van der Waals surface area contributed by atoms with Gasteiger partial charge in [0.1, 0.15) is 0 Å². The topological polar surface area (TPSA) is 18.5 Å². The van der Waals surface area contributed by atoms with Gasteiger partial charge in [-0.15, -0.1) is 0 Å². The Bertz CT molecular complexity index is 292. The molecule has 0 aromatic heterocycles. The third-order valence-electron chi connectivity index (χ3n) is 5.65. The van der Waals surface area contributed by atoms with Crippen LogP contribution in [0.25, 0.3) is 0 Å². The summed E-state index contributed by atoms with van der Waals surface area (Å²) in [7, 11) is 0. The number of nitrogens with zero attached hydrogens (tertiary/aromatic N) is 2. The summed E-state index contributed by atoms with van der Waals surface area (Å²) in [4.78, 5) is 5.35. The maximum atomic E-state index is 3.83. The van der Waals surface area contributed by atoms with Crippen LogP contribution < -0.4 is 5.32 Å². The molecule has 1 aliphatic heterocycles. The molecule has 0 radical (unpaired) electrons. The van der Waals surface area contributed by atoms with Gasteiger partial charge in [0.25, 0.3) is 0 Å². The predicted molar refractivity (Wildman–Crippen MR) is 91.7 cm³/mol. The molecule has 0 aromatic rings. The molecular formula is C18H37N3. The summed E-state index contributed by atoms with van der Waals surface area (Å²) >= 11 is 0. The van der Waals surface area contributed by atoms with Crippen LogP contribution in [0.5, 0.6) is 0 Å². The highest BCUT2D eigenvalue weighted by molar-refractivity contribution is 4.88. The maximum absolute atomic E-state index is 3.83. The van der Waals surface area contributed by atoms with Gasteiger partial charge in [0, 0.05) is 38.3 Å². The molecule has 0 amide bonds. The minimum atomic E-state index is 0.729. The molecule has 0 aromatic carbocycles. The Balaban J connectivity index is 1.86. The molecule has 124 valence electrons. The number of hydrogen-bond acceptors (Lipinski definition) is 3. The molecule has 1 saturated heterocycles. The van der Waals surface area contributed by atoms with E-state index in [0.717, 1.165) is 23.9 Å². The molecule has 2 aliphatic rings. The van der Waals surface area contributed by atoms with Crippen LogP contribution in [-0.2, 0) is 0 Å². The first-order chi connectivity index (χ1) is 10.1. The van der Waals surface area contributed by atoms with E-state index < -0.39 is 0 Å². The zero-order valence-corrected chi connectivity index (χ0v) is 14.8. The SMILES string of the molecule is CCCNC1CCC(C)CC1CN1CCN(CC)C(C)C1. The van der Waals surface area contributed by atoms with Crippen LogP contribution in [-0.4, -0.2) is 61.2 Å². The maximum Gasteiger partial charge on any atom is 0.0195 e. The number of likely N-dealkylation sites (N-methyl/N-ethyl adjacent to an activating group) is 1. The average Bonchev–Trinajstić information content (AvgIpc) is 2.47. The summed E-state index contributed by atoms with van der Waals surface area (Å²) < 4.78 is 0. The van der Waals surface area contributed by atoms with E-state index in [4.69, 9.17) is 0 Å². The Morgan fingerprint density at radius 2 is 1.90 bits per heavy atom. The van der Waals surface area contributed by atoms with E-state index in [1.807, 2.05) is 0 Å². The first-order valence-corrected chi connectivity index (χ1v) is 9.33. The summed E-state index contributed by atoms with van der Waals surface area (Å²) in [5.74, 6) is 1.78. The van der Waals surface area contributed by atoms with E-state index in [2.05, 4.69) is 42.8 Å². The first kappa shape index (κ1) is 17.2. The van der Waals surface area contributed by atoms with Crippen molar-refractivity contribution >= 4 is 0 Å². The molecule has 4 atom stereocenters. The lowest BCUT2D eigenvalue weighted by molar-refractivity contribution is 0.0606. The largest absolute Gasteiger partial charge is 0.314 e. The van der Waals surface area contributed by atoms with Crippen molar-refractivity contribution in [3.63, 3.8) is 0 Å². The van der Waals surface area contributed by atoms with E-state index in [1.54, 1.807) is 0 Å². The summed E-state index contributed by atoms with van der Waals surface area (Å²) in [6, 6.07) is 1.49. The summed E-state index contributed by atoms with van der Waals surface area (Å²) in [6.07, 6.45) is 5.48. The van der Waals surface area contributed by atoms with Gasteiger partial charge in [-0.25, -0.2) is 0 Å². The van der Waals surface area contributed by atoms with Gasteiger partial charge >= 0.3 is 0 Å². The Morgan fingerprint density at radius 1 is 1.10 bits per heavy atom. The van der Waals surface area contributed by atoms with Crippen LogP contribution in [0.4, 0.5) is 0 Å². The van der Waals surface area contributed by atoms with Crippen LogP contribution >= 0.6 is 0 Å². The Kier molecular flexibility index (Phi) is 6.97. The quantitative estimate of drug-likeness (QED) is 0.813. The number of rotatable bonds is 6. The van der Waals surface area contributed by atoms with Crippen LogP contribution in [0.1, 0.15) is 53.4 Å². The summed E-state index contributed by atoms with van der Waals surface area (Å²) in [5, 5.41) is 3.83. The van der Waals surface area contributed by atoms with Crippen molar-refractivity contribution in [2.75, 3.05) is 39.3 Å². The Morgan fingerprint density at radius 3 is 2.57 bits per heavy atom. The van der Waals surface area contributed by atoms with E-state index in [1.165, 1.54) is 65.0 Å². The molecule has 3 nitrogen and oxygen atoms in total. The van der Waals surface area contributed by atoms with E-state index in [0.29, 0.717) is 0 Å². The molecule has 2 rings (SSSR count). The fourth-order valence-corrected chi connectivity index (χ4v) is 4.34. The van der Waals surface area contributed by atoms with Gasteiger partial charge in [-0.05, 0) is 57.5 Å². The second-order valence-corrected chi connectivity index (χ2v) is 7.48. The summed E-state index contributed by atoms with van der Waals surface area (Å²) in [5.41, 5.74) is 0. The molecule has 2 fully saturated rings. The highest BCUT2D eigenvalue weighted by atomic mass is 15.3. The van der Waals surface area contributed by atoms with Gasteiger partial charge in [-0.1, -0.05) is 20.8 Å². The third kappa shape index (κ3) is 4.94. The molecule has 1 N–H and O–H groups in total. The van der Waals surface area contributed by atoms with Gasteiger partial charge in [0.15, 0.2) is 0 Å². The van der Waals surface area contributed by atoms with E-state index in [9.17, 15) is 0 Å². The molecule has 0 spiro atoms. The van der Waals surface area contributed by atoms with Crippen molar-refractivity contribution in [1.29, 1.82) is 0 Å². The molecule has 1 aliphatic carbocycles. The van der Waals surface area contributed by atoms with Gasteiger partial charge in [0.05, 0.1) is 0 Å². The number of hydrogen-bond donors (Lipinski definition) is 1. The molecule has 1 heterocycles. The third-order valence-corrected chi connectivity index (χ3v) is 5.65. The second-order valence-electron chi connectivity index (χ2n) is 7.48. The van der Waals surface area contributed by atoms with Crippen LogP contribution in [0.3, 0.4) is 0 Å². The number of piperazine rings is 1. The lowest BCUT2D eigenvalue weighted by atomic mass is 9.78. The zero-order chi connectivity index (χ0) is 15.2. The van der Waals surface area contributed by atoms with Crippen molar-refractivity contribution < 1.29 is 0 Å². The summed E-state index contributed by atoms with van der Waals surface area (Å²) in [6.45, 7) is 16.9. The fourth-order valence-electron chi connectivity index (χ4n) is 4.34. The Hall–Kier alpha value is -0.120. The average molecular weight is 296 g/mol. The van der Waals surface area contributed by atoms with Crippen molar-refractivity contribution in [2.24, 2.45) is 11.8 Å². The lowest BCUT2D eigenvalue weighted by Gasteiger charge is -2.43. The standard InChI is InChI=1S/C18H37N3/c1-5-9-19-18-8-7-15(3)12-17(18)14-20-10-11-21(6-2)16(4)13-20/h15-19H,5-14H2,1-4H3. The van der Waals surface area contributed by atoms with Crippen LogP contribution in [0, 0.1) is 11.8 Å². The van der Waals surface area contributed by atoms with Gasteiger partial charge in [-0.2, -0.15) is 0 Å². The predicted octanol–water partition coefficient (Wildman–Crippen LogP) is 2.82. The molecular weight excluding hydrogens is 258 g/mol. The monoisotopic (exact) mass is 295 g/mol. The Labute approximate surface area is 132 Å². The highest BCUT2D eigenvalue weighted by Gasteiger charge is 2.31. The van der Waals surface area contributed by atoms with Gasteiger partial charge in [0.2, 0.25) is 0 Å². The fraction of sp³-hybridized carbons (Fsp3) is 1.00. The second kappa shape index (κ2) is 8.50. The van der Waals surface area contributed by atoms with Crippen molar-refractivity contribution in [3.8, 4) is 0 Å². The van der Waals surface area contributed by atoms with E-state index in [-0.39, 0.29) is 0 Å². The number of nitrogens with one attached hydrogen (secondary N) is 1. The smallest absolute Gasteiger partial charge is 0.0195 e. The van der Waals surface area contributed by atoms with Gasteiger partial charge < -0.3 is 10.2 Å². The molecule has 0 bridgehead atoms. The first-order valence-electron chi connectivity index (χ1n) is 9.33. The molecule has 21 heavy (non-hydrogen) atoms. The van der Waals surface area contributed by atoms with Crippen LogP contribution in [0.2, 0.25) is 0 Å². The zero-order valence-electron chi connectivity index (χ0n) is 14.8. The van der Waals surface area contributed by atoms with Crippen molar-refractivity contribution in [3.05, 3.63) is 0 Å². The minimum absolute atomic E-state index is 0.729. The normalized spacial score (nSPS) is 36.0. The van der Waals surface area contributed by atoms with E-state index >= 15 is 0 Å². The molecule has 4 unspecified atom stereocenters.